The molecule has 0 bridgehead atoms. The van der Waals surface area contributed by atoms with E-state index in [1.165, 1.54) is 26.0 Å². The Kier molecular flexibility index (Phi) is 6.71. The van der Waals surface area contributed by atoms with Crippen molar-refractivity contribution < 1.29 is 28.6 Å². The monoisotopic (exact) mass is 614 g/mol. The van der Waals surface area contributed by atoms with Crippen molar-refractivity contribution in [2.75, 3.05) is 5.32 Å². The number of ether oxygens (including phenoxy) is 1. The van der Waals surface area contributed by atoms with Crippen LogP contribution in [0.2, 0.25) is 5.02 Å². The molecule has 1 saturated heterocycles. The Labute approximate surface area is 237 Å². The van der Waals surface area contributed by atoms with E-state index in [-0.39, 0.29) is 18.1 Å². The number of nitrogens with one attached hydrogen (secondary N) is 2. The minimum atomic E-state index is -1.60. The van der Waals surface area contributed by atoms with Crippen LogP contribution in [0.25, 0.3) is 0 Å². The number of hydrogen-bond acceptors (Lipinski definition) is 4. The van der Waals surface area contributed by atoms with Crippen molar-refractivity contribution in [1.29, 1.82) is 0 Å². The fraction of sp³-hybridized carbons (Fsp3) is 0.276. The third kappa shape index (κ3) is 4.47. The number of carbonyl (C=O) groups is 3. The average molecular weight is 616 g/mol. The topological polar surface area (TPSA) is 105 Å². The zero-order chi connectivity index (χ0) is 28.3. The molecule has 0 aromatic heterocycles. The van der Waals surface area contributed by atoms with Crippen LogP contribution in [0.4, 0.5) is 10.1 Å². The molecule has 10 heteroatoms. The number of aryl methyl sites for hydroxylation is 1. The molecule has 3 aromatic rings. The molecule has 2 amide bonds. The average Bonchev–Trinajstić information content (AvgIpc) is 3.14. The van der Waals surface area contributed by atoms with E-state index in [1.54, 1.807) is 49.4 Å². The van der Waals surface area contributed by atoms with Crippen molar-refractivity contribution in [2.45, 2.75) is 50.2 Å². The van der Waals surface area contributed by atoms with E-state index in [0.717, 1.165) is 0 Å². The summed E-state index contributed by atoms with van der Waals surface area (Å²) in [4.78, 5) is 39.5. The fourth-order valence-electron chi connectivity index (χ4n) is 5.65. The number of rotatable bonds is 5. The summed E-state index contributed by atoms with van der Waals surface area (Å²) < 4.78 is 21.3. The third-order valence-electron chi connectivity index (χ3n) is 7.53. The number of hydrogen-bond donors (Lipinski definition) is 3. The van der Waals surface area contributed by atoms with Gasteiger partial charge in [-0.2, -0.15) is 0 Å². The lowest BCUT2D eigenvalue weighted by Crippen LogP contribution is -2.57. The van der Waals surface area contributed by atoms with Crippen LogP contribution in [0.1, 0.15) is 54.5 Å². The van der Waals surface area contributed by atoms with Crippen molar-refractivity contribution in [3.63, 3.8) is 0 Å². The highest BCUT2D eigenvalue weighted by atomic mass is 79.9. The van der Waals surface area contributed by atoms with E-state index in [4.69, 9.17) is 16.3 Å². The predicted molar refractivity (Wildman–Crippen MR) is 148 cm³/mol. The molecule has 5 rings (SSSR count). The molecule has 2 aliphatic rings. The third-order valence-corrected chi connectivity index (χ3v) is 8.26. The Morgan fingerprint density at radius 3 is 2.59 bits per heavy atom. The van der Waals surface area contributed by atoms with Gasteiger partial charge in [-0.15, -0.1) is 0 Å². The number of piperidine rings is 1. The minimum absolute atomic E-state index is 0.110. The lowest BCUT2D eigenvalue weighted by molar-refractivity contribution is -0.152. The van der Waals surface area contributed by atoms with Gasteiger partial charge in [-0.25, -0.2) is 9.18 Å². The van der Waals surface area contributed by atoms with Crippen molar-refractivity contribution >= 4 is 51.0 Å². The van der Waals surface area contributed by atoms with E-state index in [2.05, 4.69) is 26.6 Å². The molecule has 202 valence electrons. The van der Waals surface area contributed by atoms with E-state index in [1.807, 2.05) is 0 Å². The molecule has 1 fully saturated rings. The highest BCUT2D eigenvalue weighted by Crippen LogP contribution is 2.59. The van der Waals surface area contributed by atoms with Gasteiger partial charge in [-0.3, -0.25) is 9.59 Å². The Hall–Kier alpha value is -3.43. The van der Waals surface area contributed by atoms with Gasteiger partial charge in [0.2, 0.25) is 11.8 Å². The first-order valence-corrected chi connectivity index (χ1v) is 13.4. The number of carboxylic acid groups (broad SMARTS) is 1. The molecule has 0 radical (unpaired) electrons. The summed E-state index contributed by atoms with van der Waals surface area (Å²) in [7, 11) is 0. The number of halogens is 3. The summed E-state index contributed by atoms with van der Waals surface area (Å²) in [6, 6.07) is 13.4. The quantitative estimate of drug-likeness (QED) is 0.325. The van der Waals surface area contributed by atoms with Crippen LogP contribution < -0.4 is 15.4 Å². The molecule has 0 saturated carbocycles. The van der Waals surface area contributed by atoms with Gasteiger partial charge in [0.05, 0.1) is 6.04 Å². The van der Waals surface area contributed by atoms with Crippen molar-refractivity contribution in [3.05, 3.63) is 92.2 Å². The number of amides is 2. The van der Waals surface area contributed by atoms with Gasteiger partial charge in [0.1, 0.15) is 17.0 Å². The maximum absolute atomic E-state index is 14.6. The van der Waals surface area contributed by atoms with Gasteiger partial charge < -0.3 is 20.5 Å². The number of fused-ring (bicyclic) bond motifs is 2. The van der Waals surface area contributed by atoms with Gasteiger partial charge in [-0.1, -0.05) is 39.7 Å². The summed E-state index contributed by atoms with van der Waals surface area (Å²) in [5.74, 6) is -3.04. The molecule has 1 spiro atoms. The number of benzene rings is 3. The Morgan fingerprint density at radius 1 is 1.13 bits per heavy atom. The molecule has 0 unspecified atom stereocenters. The van der Waals surface area contributed by atoms with E-state index in [9.17, 15) is 23.9 Å². The molecule has 39 heavy (non-hydrogen) atoms. The van der Waals surface area contributed by atoms with Crippen LogP contribution in [0.15, 0.2) is 59.1 Å². The molecule has 2 aliphatic heterocycles. The first kappa shape index (κ1) is 27.1. The molecule has 3 aromatic carbocycles. The summed E-state index contributed by atoms with van der Waals surface area (Å²) in [5.41, 5.74) is -0.377. The molecule has 0 aliphatic carbocycles. The molecule has 2 heterocycles. The van der Waals surface area contributed by atoms with Crippen molar-refractivity contribution in [1.82, 2.24) is 5.32 Å². The Bertz CT molecular complexity index is 1540. The second-order valence-electron chi connectivity index (χ2n) is 10.4. The molecule has 3 atom stereocenters. The minimum Gasteiger partial charge on any atom is -0.478 e. The fourth-order valence-corrected chi connectivity index (χ4v) is 6.20. The van der Waals surface area contributed by atoms with Gasteiger partial charge in [0, 0.05) is 33.1 Å². The van der Waals surface area contributed by atoms with Gasteiger partial charge in [0.15, 0.2) is 5.60 Å². The lowest BCUT2D eigenvalue weighted by Gasteiger charge is -2.47. The first-order valence-electron chi connectivity index (χ1n) is 12.2. The van der Waals surface area contributed by atoms with Crippen LogP contribution in [-0.2, 0) is 19.8 Å². The van der Waals surface area contributed by atoms with Gasteiger partial charge in [0.25, 0.3) is 0 Å². The van der Waals surface area contributed by atoms with Crippen LogP contribution in [0.5, 0.6) is 5.75 Å². The SMILES string of the molecule is Cc1ccc(F)cc1[C@@H]1NC(=O)C[C@H](c2cc(Br)ccc2OC(C)(C)C(=O)O)[C@@]12C(=O)Nc1cc(Cl)ccc12. The zero-order valence-electron chi connectivity index (χ0n) is 21.3. The van der Waals surface area contributed by atoms with Crippen molar-refractivity contribution in [3.8, 4) is 5.75 Å². The predicted octanol–water partition coefficient (Wildman–Crippen LogP) is 6.03. The van der Waals surface area contributed by atoms with E-state index < -0.39 is 40.7 Å². The summed E-state index contributed by atoms with van der Waals surface area (Å²) in [6.07, 6.45) is -0.110. The summed E-state index contributed by atoms with van der Waals surface area (Å²) in [6.45, 7) is 4.63. The Balaban J connectivity index is 1.82. The second kappa shape index (κ2) is 9.64. The number of carbonyl (C=O) groups excluding carboxylic acids is 2. The van der Waals surface area contributed by atoms with E-state index in [0.29, 0.717) is 37.4 Å². The number of anilines is 1. The first-order chi connectivity index (χ1) is 18.3. The molecule has 3 N–H and O–H groups in total. The lowest BCUT2D eigenvalue weighted by atomic mass is 9.59. The van der Waals surface area contributed by atoms with E-state index >= 15 is 0 Å². The second-order valence-corrected chi connectivity index (χ2v) is 11.7. The van der Waals surface area contributed by atoms with Crippen molar-refractivity contribution in [2.24, 2.45) is 0 Å². The number of carboxylic acids is 1. The highest BCUT2D eigenvalue weighted by molar-refractivity contribution is 9.10. The zero-order valence-corrected chi connectivity index (χ0v) is 23.6. The maximum Gasteiger partial charge on any atom is 0.347 e. The highest BCUT2D eigenvalue weighted by Gasteiger charge is 2.62. The van der Waals surface area contributed by atoms with Gasteiger partial charge in [-0.05, 0) is 79.9 Å². The molecular weight excluding hydrogens is 591 g/mol. The van der Waals surface area contributed by atoms with Crippen LogP contribution in [0, 0.1) is 12.7 Å². The molecular formula is C29H25BrClFN2O5. The largest absolute Gasteiger partial charge is 0.478 e. The van der Waals surface area contributed by atoms with Gasteiger partial charge >= 0.3 is 5.97 Å². The standard InChI is InChI=1S/C29H25BrClFN2O5/c1-14-4-7-17(32)12-18(14)25-29(20-8-6-16(31)11-22(20)33-26(29)36)21(13-24(35)34-25)19-10-15(30)5-9-23(19)39-28(2,3)27(37)38/h4-12,21,25H,13H2,1-3H3,(H,33,36)(H,34,35)(H,37,38)/t21-,25+,29-/m1/s1. The molecule has 7 nitrogen and oxygen atoms in total. The van der Waals surface area contributed by atoms with Crippen LogP contribution in [-0.4, -0.2) is 28.5 Å². The van der Waals surface area contributed by atoms with Crippen LogP contribution in [0.3, 0.4) is 0 Å². The smallest absolute Gasteiger partial charge is 0.347 e. The van der Waals surface area contributed by atoms with Crippen LogP contribution >= 0.6 is 27.5 Å². The summed E-state index contributed by atoms with van der Waals surface area (Å²) in [5, 5.41) is 16.1. The maximum atomic E-state index is 14.6. The Morgan fingerprint density at radius 2 is 1.87 bits per heavy atom. The number of aliphatic carboxylic acids is 1. The summed E-state index contributed by atoms with van der Waals surface area (Å²) >= 11 is 9.75. The normalized spacial score (nSPS) is 22.3.